The van der Waals surface area contributed by atoms with E-state index in [0.717, 1.165) is 72.1 Å². The highest BCUT2D eigenvalue weighted by atomic mass is 32.1. The van der Waals surface area contributed by atoms with Gasteiger partial charge in [-0.05, 0) is 93.2 Å². The minimum atomic E-state index is -0.139. The van der Waals surface area contributed by atoms with E-state index in [-0.39, 0.29) is 5.41 Å². The van der Waals surface area contributed by atoms with Gasteiger partial charge in [-0.15, -0.1) is 11.3 Å². The molecule has 0 bridgehead atoms. The summed E-state index contributed by atoms with van der Waals surface area (Å²) in [5.74, 6) is 0. The average molecular weight is 774 g/mol. The Morgan fingerprint density at radius 2 is 1.22 bits per heavy atom. The van der Waals surface area contributed by atoms with Crippen LogP contribution in [-0.2, 0) is 5.41 Å². The standard InChI is InChI=1S/C55H35NO2S/c1-55(2)44-18-8-5-14-37(44)38-26-24-35(29-45(38)55)56(46-19-11-17-41-40-15-7-10-21-50(40)59-54(41)46)36-25-27-39-43-31-49-52(42-16-6-9-20-47(42)57-49)51(53(43)58-48(39)30-36)34-23-22-32-12-3-4-13-33(32)28-34/h3-31H,1-2H3. The third-order valence-corrected chi connectivity index (χ3v) is 14.0. The summed E-state index contributed by atoms with van der Waals surface area (Å²) in [7, 11) is 0. The van der Waals surface area contributed by atoms with Gasteiger partial charge in [0, 0.05) is 65.4 Å². The van der Waals surface area contributed by atoms with Crippen molar-refractivity contribution in [1.82, 2.24) is 0 Å². The maximum atomic E-state index is 7.16. The van der Waals surface area contributed by atoms with Gasteiger partial charge in [0.05, 0.1) is 10.4 Å². The van der Waals surface area contributed by atoms with Crippen LogP contribution in [0.4, 0.5) is 17.1 Å². The number of hydrogen-bond donors (Lipinski definition) is 0. The van der Waals surface area contributed by atoms with Crippen LogP contribution in [0.25, 0.3) is 97.1 Å². The Balaban J connectivity index is 1.07. The minimum Gasteiger partial charge on any atom is -0.456 e. The Hall–Kier alpha value is -7.14. The van der Waals surface area contributed by atoms with Crippen molar-refractivity contribution in [3.05, 3.63) is 187 Å². The van der Waals surface area contributed by atoms with Crippen LogP contribution >= 0.6 is 11.3 Å². The number of hydrogen-bond acceptors (Lipinski definition) is 4. The molecular weight excluding hydrogens is 739 g/mol. The van der Waals surface area contributed by atoms with Crippen molar-refractivity contribution in [2.75, 3.05) is 4.90 Å². The molecule has 3 nitrogen and oxygen atoms in total. The van der Waals surface area contributed by atoms with E-state index in [1.54, 1.807) is 0 Å². The third kappa shape index (κ3) is 4.63. The molecule has 0 saturated carbocycles. The van der Waals surface area contributed by atoms with Crippen molar-refractivity contribution in [2.45, 2.75) is 19.3 Å². The number of nitrogens with zero attached hydrogens (tertiary/aromatic N) is 1. The second kappa shape index (κ2) is 12.0. The van der Waals surface area contributed by atoms with Crippen LogP contribution in [0, 0.1) is 0 Å². The molecule has 0 atom stereocenters. The van der Waals surface area contributed by atoms with Crippen LogP contribution in [-0.4, -0.2) is 0 Å². The molecule has 1 aliphatic carbocycles. The van der Waals surface area contributed by atoms with Gasteiger partial charge < -0.3 is 13.7 Å². The Morgan fingerprint density at radius 3 is 2.15 bits per heavy atom. The van der Waals surface area contributed by atoms with Crippen molar-refractivity contribution in [3.8, 4) is 22.3 Å². The molecule has 12 aromatic rings. The van der Waals surface area contributed by atoms with Gasteiger partial charge in [-0.2, -0.15) is 0 Å². The molecule has 3 aromatic heterocycles. The summed E-state index contributed by atoms with van der Waals surface area (Å²) in [5, 5.41) is 9.19. The summed E-state index contributed by atoms with van der Waals surface area (Å²) in [6.45, 7) is 4.71. The van der Waals surface area contributed by atoms with E-state index < -0.39 is 0 Å². The van der Waals surface area contributed by atoms with E-state index in [0.29, 0.717) is 0 Å². The van der Waals surface area contributed by atoms with Crippen LogP contribution < -0.4 is 4.90 Å². The third-order valence-electron chi connectivity index (χ3n) is 12.8. The normalized spacial score (nSPS) is 13.4. The first-order chi connectivity index (χ1) is 29.0. The zero-order valence-corrected chi connectivity index (χ0v) is 33.2. The molecule has 13 rings (SSSR count). The molecular formula is C55H35NO2S. The fourth-order valence-corrected chi connectivity index (χ4v) is 11.2. The summed E-state index contributed by atoms with van der Waals surface area (Å²) in [6.07, 6.45) is 0. The Kier molecular flexibility index (Phi) is 6.66. The Bertz CT molecular complexity index is 3730. The number of rotatable bonds is 4. The lowest BCUT2D eigenvalue weighted by Gasteiger charge is -2.28. The zero-order valence-electron chi connectivity index (χ0n) is 32.4. The molecule has 0 amide bonds. The number of fused-ring (bicyclic) bond motifs is 13. The number of furan rings is 2. The molecule has 0 fully saturated rings. The fourth-order valence-electron chi connectivity index (χ4n) is 10.0. The van der Waals surface area contributed by atoms with Crippen LogP contribution in [0.2, 0.25) is 0 Å². The van der Waals surface area contributed by atoms with Crippen LogP contribution in [0.5, 0.6) is 0 Å². The van der Waals surface area contributed by atoms with Crippen molar-refractivity contribution in [1.29, 1.82) is 0 Å². The van der Waals surface area contributed by atoms with E-state index >= 15 is 0 Å². The van der Waals surface area contributed by atoms with Crippen molar-refractivity contribution >= 4 is 103 Å². The first kappa shape index (κ1) is 32.9. The minimum absolute atomic E-state index is 0.139. The molecule has 59 heavy (non-hydrogen) atoms. The number of para-hydroxylation sites is 1. The first-order valence-corrected chi connectivity index (χ1v) is 21.1. The Morgan fingerprint density at radius 1 is 0.475 bits per heavy atom. The molecule has 0 saturated heterocycles. The largest absolute Gasteiger partial charge is 0.456 e. The highest BCUT2D eigenvalue weighted by Crippen LogP contribution is 2.53. The van der Waals surface area contributed by atoms with Gasteiger partial charge in [0.1, 0.15) is 22.3 Å². The number of benzene rings is 9. The van der Waals surface area contributed by atoms with Gasteiger partial charge >= 0.3 is 0 Å². The number of thiophene rings is 1. The highest BCUT2D eigenvalue weighted by molar-refractivity contribution is 7.26. The molecule has 3 heterocycles. The van der Waals surface area contributed by atoms with Crippen LogP contribution in [0.15, 0.2) is 185 Å². The lowest BCUT2D eigenvalue weighted by Crippen LogP contribution is -2.16. The van der Waals surface area contributed by atoms with E-state index in [1.807, 2.05) is 17.4 Å². The smallest absolute Gasteiger partial charge is 0.144 e. The van der Waals surface area contributed by atoms with Crippen molar-refractivity contribution in [2.24, 2.45) is 0 Å². The molecule has 0 spiro atoms. The van der Waals surface area contributed by atoms with E-state index in [9.17, 15) is 0 Å². The van der Waals surface area contributed by atoms with E-state index in [2.05, 4.69) is 189 Å². The predicted molar refractivity (Wildman–Crippen MR) is 249 cm³/mol. The van der Waals surface area contributed by atoms with E-state index in [4.69, 9.17) is 8.83 Å². The first-order valence-electron chi connectivity index (χ1n) is 20.2. The van der Waals surface area contributed by atoms with Gasteiger partial charge in [-0.25, -0.2) is 0 Å². The lowest BCUT2D eigenvalue weighted by molar-refractivity contribution is 0.660. The summed E-state index contributed by atoms with van der Waals surface area (Å²) in [4.78, 5) is 2.44. The molecule has 9 aromatic carbocycles. The molecule has 0 radical (unpaired) electrons. The molecule has 0 unspecified atom stereocenters. The molecule has 278 valence electrons. The maximum absolute atomic E-state index is 7.16. The second-order valence-corrected chi connectivity index (χ2v) is 17.5. The molecule has 0 N–H and O–H groups in total. The molecule has 4 heteroatoms. The summed E-state index contributed by atoms with van der Waals surface area (Å²) >= 11 is 1.86. The van der Waals surface area contributed by atoms with Crippen LogP contribution in [0.3, 0.4) is 0 Å². The second-order valence-electron chi connectivity index (χ2n) is 16.4. The Labute approximate surface area is 344 Å². The van der Waals surface area contributed by atoms with Crippen molar-refractivity contribution in [3.63, 3.8) is 0 Å². The predicted octanol–water partition coefficient (Wildman–Crippen LogP) is 16.4. The monoisotopic (exact) mass is 773 g/mol. The lowest BCUT2D eigenvalue weighted by atomic mass is 9.82. The fraction of sp³-hybridized carbons (Fsp3) is 0.0545. The summed E-state index contributed by atoms with van der Waals surface area (Å²) in [5.41, 5.74) is 14.1. The molecule has 0 aliphatic heterocycles. The van der Waals surface area contributed by atoms with Gasteiger partial charge in [-0.1, -0.05) is 129 Å². The quantitative estimate of drug-likeness (QED) is 0.178. The summed E-state index contributed by atoms with van der Waals surface area (Å²) < 4.78 is 16.3. The highest BCUT2D eigenvalue weighted by Gasteiger charge is 2.36. The van der Waals surface area contributed by atoms with Gasteiger partial charge in [-0.3, -0.25) is 0 Å². The topological polar surface area (TPSA) is 29.5 Å². The zero-order chi connectivity index (χ0) is 39.0. The molecule has 1 aliphatic rings. The number of anilines is 3. The van der Waals surface area contributed by atoms with Crippen LogP contribution in [0.1, 0.15) is 25.0 Å². The van der Waals surface area contributed by atoms with Gasteiger partial charge in [0.25, 0.3) is 0 Å². The SMILES string of the molecule is CC1(C)c2ccccc2-c2ccc(N(c3ccc4c(c3)oc3c(-c5ccc6ccccc6c5)c5c(cc34)oc3ccccc35)c3cccc4c3sc3ccccc34)cc21. The van der Waals surface area contributed by atoms with Crippen molar-refractivity contribution < 1.29 is 8.83 Å². The maximum Gasteiger partial charge on any atom is 0.144 e. The van der Waals surface area contributed by atoms with Gasteiger partial charge in [0.2, 0.25) is 0 Å². The average Bonchev–Trinajstić information content (AvgIpc) is 4.01. The summed E-state index contributed by atoms with van der Waals surface area (Å²) in [6, 6.07) is 63.9. The van der Waals surface area contributed by atoms with E-state index in [1.165, 1.54) is 53.2 Å². The van der Waals surface area contributed by atoms with Gasteiger partial charge in [0.15, 0.2) is 0 Å².